The molecule has 4 rings (SSSR count). The minimum absolute atomic E-state index is 0.0476. The number of azo groups is 1. The number of carbonyl (C=O) groups excluding carboxylic acids is 3. The maximum absolute atomic E-state index is 13.9. The van der Waals surface area contributed by atoms with E-state index in [1.54, 1.807) is 4.90 Å². The second-order valence-electron chi connectivity index (χ2n) is 14.0. The van der Waals surface area contributed by atoms with Crippen LogP contribution in [-0.4, -0.2) is 72.1 Å². The van der Waals surface area contributed by atoms with Crippen LogP contribution in [0.5, 0.6) is 11.8 Å². The molecule has 3 heterocycles. The van der Waals surface area contributed by atoms with E-state index in [9.17, 15) is 24.6 Å². The Morgan fingerprint density at radius 1 is 0.750 bits per heavy atom. The highest BCUT2D eigenvalue weighted by molar-refractivity contribution is 6.35. The van der Waals surface area contributed by atoms with Gasteiger partial charge in [-0.15, -0.1) is 5.11 Å². The van der Waals surface area contributed by atoms with E-state index >= 15 is 0 Å². The predicted octanol–water partition coefficient (Wildman–Crippen LogP) is 4.15. The molecule has 218 valence electrons. The molecule has 2 aliphatic rings. The molecule has 0 unspecified atom stereocenters. The van der Waals surface area contributed by atoms with Gasteiger partial charge in [0.1, 0.15) is 0 Å². The van der Waals surface area contributed by atoms with E-state index < -0.39 is 17.7 Å². The zero-order valence-corrected chi connectivity index (χ0v) is 24.7. The number of aromatic hydroxyl groups is 2. The molecule has 11 heteroatoms. The first-order valence-electron chi connectivity index (χ1n) is 13.7. The normalized spacial score (nSPS) is 22.4. The van der Waals surface area contributed by atoms with E-state index in [1.807, 2.05) is 0 Å². The van der Waals surface area contributed by atoms with Gasteiger partial charge in [0.2, 0.25) is 0 Å². The Labute approximate surface area is 234 Å². The van der Waals surface area contributed by atoms with Crippen molar-refractivity contribution in [2.75, 3.05) is 0 Å². The third kappa shape index (κ3) is 6.36. The summed E-state index contributed by atoms with van der Waals surface area (Å²) in [4.78, 5) is 43.9. The van der Waals surface area contributed by atoms with E-state index in [-0.39, 0.29) is 56.9 Å². The van der Waals surface area contributed by atoms with Gasteiger partial charge >= 0.3 is 11.8 Å². The first-order valence-corrected chi connectivity index (χ1v) is 13.7. The number of nitrogens with zero attached hydrogens (tertiary/aromatic N) is 3. The van der Waals surface area contributed by atoms with E-state index in [0.29, 0.717) is 31.1 Å². The molecule has 40 heavy (non-hydrogen) atoms. The average Bonchev–Trinajstić information content (AvgIpc) is 3.06. The van der Waals surface area contributed by atoms with Crippen LogP contribution in [0.4, 0.5) is 0 Å². The quantitative estimate of drug-likeness (QED) is 0.281. The van der Waals surface area contributed by atoms with Gasteiger partial charge in [-0.25, -0.2) is 0 Å². The molecule has 5 N–H and O–H groups in total. The molecule has 2 aliphatic heterocycles. The fraction of sp³-hybridized carbons (Fsp3) is 0.621. The van der Waals surface area contributed by atoms with E-state index in [2.05, 4.69) is 81.2 Å². The van der Waals surface area contributed by atoms with Gasteiger partial charge in [0.15, 0.2) is 11.8 Å². The number of amides is 3. The lowest BCUT2D eigenvalue weighted by atomic mass is 9.75. The highest BCUT2D eigenvalue weighted by Gasteiger charge is 2.48. The van der Waals surface area contributed by atoms with Crippen LogP contribution in [0.2, 0.25) is 0 Å². The van der Waals surface area contributed by atoms with Gasteiger partial charge in [0.25, 0.3) is 5.91 Å². The third-order valence-electron chi connectivity index (χ3n) is 7.79. The molecule has 0 spiro atoms. The number of hydrogen-bond acceptors (Lipinski definition) is 7. The Morgan fingerprint density at radius 2 is 1.20 bits per heavy atom. The summed E-state index contributed by atoms with van der Waals surface area (Å²) in [6.45, 7) is 16.8. The van der Waals surface area contributed by atoms with Crippen molar-refractivity contribution in [2.45, 2.75) is 115 Å². The minimum atomic E-state index is -1.10. The largest absolute Gasteiger partial charge is 0.494 e. The number of rotatable bonds is 3. The minimum Gasteiger partial charge on any atom is -0.494 e. The molecule has 2 saturated heterocycles. The standard InChI is InChI=1S/C29H42N6O5/c1-26(2)12-17(13-27(3,4)33-26)35(18-14-28(5,6)34-29(7,8)15-18)25(40)24(39)32-31-21(36)16-9-10-19-20(11-16)23(38)30-22(19)37/h9-11,17-18,30,33-34,37-38H,12-15H2,1-8H3. The molecular formula is C29H42N6O5. The van der Waals surface area contributed by atoms with E-state index in [1.165, 1.54) is 18.2 Å². The number of H-pyrrole nitrogens is 1. The zero-order valence-electron chi connectivity index (χ0n) is 24.7. The van der Waals surface area contributed by atoms with Crippen molar-refractivity contribution in [1.82, 2.24) is 20.5 Å². The summed E-state index contributed by atoms with van der Waals surface area (Å²) in [5.41, 5.74) is -1.01. The molecule has 0 bridgehead atoms. The Hall–Kier alpha value is -3.31. The van der Waals surface area contributed by atoms with E-state index in [0.717, 1.165) is 0 Å². The summed E-state index contributed by atoms with van der Waals surface area (Å²) in [6, 6.07) is 3.75. The van der Waals surface area contributed by atoms with Crippen LogP contribution in [0.1, 0.15) is 91.4 Å². The van der Waals surface area contributed by atoms with Crippen molar-refractivity contribution < 1.29 is 24.6 Å². The summed E-state index contributed by atoms with van der Waals surface area (Å²) in [7, 11) is 0. The molecular weight excluding hydrogens is 512 g/mol. The van der Waals surface area contributed by atoms with Crippen LogP contribution in [0.25, 0.3) is 10.8 Å². The second-order valence-corrected chi connectivity index (χ2v) is 14.0. The van der Waals surface area contributed by atoms with Crippen LogP contribution < -0.4 is 10.6 Å². The van der Waals surface area contributed by atoms with Crippen LogP contribution in [0, 0.1) is 0 Å². The Balaban J connectivity index is 1.63. The fourth-order valence-electron chi connectivity index (χ4n) is 7.19. The SMILES string of the molecule is CC1(C)CC(N(C(=O)C(=O)N=NC(=O)c2ccc3c(O)[nH]c(O)c3c2)C2CC(C)(C)NC(C)(C)C2)CC(C)(C)N1. The van der Waals surface area contributed by atoms with Gasteiger partial charge in [-0.05, 0) is 99.3 Å². The van der Waals surface area contributed by atoms with Gasteiger partial charge in [-0.2, -0.15) is 0 Å². The van der Waals surface area contributed by atoms with Gasteiger partial charge in [0.05, 0.1) is 0 Å². The lowest BCUT2D eigenvalue weighted by Gasteiger charge is -2.54. The van der Waals surface area contributed by atoms with Gasteiger partial charge in [-0.3, -0.25) is 19.4 Å². The second kappa shape index (κ2) is 9.95. The summed E-state index contributed by atoms with van der Waals surface area (Å²) >= 11 is 0. The van der Waals surface area contributed by atoms with Crippen molar-refractivity contribution in [3.05, 3.63) is 23.8 Å². The summed E-state index contributed by atoms with van der Waals surface area (Å²) in [5.74, 6) is -3.25. The van der Waals surface area contributed by atoms with Gasteiger partial charge < -0.3 is 25.7 Å². The maximum Gasteiger partial charge on any atom is 0.353 e. The smallest absolute Gasteiger partial charge is 0.353 e. The maximum atomic E-state index is 13.9. The molecule has 0 saturated carbocycles. The number of nitrogens with one attached hydrogen (secondary N) is 3. The van der Waals surface area contributed by atoms with Crippen molar-refractivity contribution in [1.29, 1.82) is 0 Å². The highest BCUT2D eigenvalue weighted by Crippen LogP contribution is 2.38. The number of hydrogen-bond donors (Lipinski definition) is 5. The fourth-order valence-corrected chi connectivity index (χ4v) is 7.19. The Bertz CT molecular complexity index is 1300. The number of piperidine rings is 2. The van der Waals surface area contributed by atoms with Crippen LogP contribution in [0.15, 0.2) is 28.4 Å². The van der Waals surface area contributed by atoms with Crippen molar-refractivity contribution in [3.63, 3.8) is 0 Å². The van der Waals surface area contributed by atoms with Crippen molar-refractivity contribution >= 4 is 28.5 Å². The molecule has 2 fully saturated rings. The van der Waals surface area contributed by atoms with Crippen molar-refractivity contribution in [3.8, 4) is 11.8 Å². The number of fused-ring (bicyclic) bond motifs is 1. The molecule has 0 aliphatic carbocycles. The number of aromatic nitrogens is 1. The molecule has 1 aromatic carbocycles. The number of benzene rings is 1. The molecule has 1 aromatic heterocycles. The third-order valence-corrected chi connectivity index (χ3v) is 7.79. The topological polar surface area (TPSA) is 159 Å². The Morgan fingerprint density at radius 3 is 1.68 bits per heavy atom. The molecule has 0 atom stereocenters. The predicted molar refractivity (Wildman–Crippen MR) is 151 cm³/mol. The molecule has 3 amide bonds. The molecule has 2 aromatic rings. The lowest BCUT2D eigenvalue weighted by molar-refractivity contribution is -0.151. The van der Waals surface area contributed by atoms with Crippen LogP contribution >= 0.6 is 0 Å². The first-order chi connectivity index (χ1) is 18.3. The van der Waals surface area contributed by atoms with Gasteiger partial charge in [-0.1, -0.05) is 5.11 Å². The highest BCUT2D eigenvalue weighted by atomic mass is 16.3. The molecule has 11 nitrogen and oxygen atoms in total. The summed E-state index contributed by atoms with van der Waals surface area (Å²) < 4.78 is 0. The monoisotopic (exact) mass is 554 g/mol. The van der Waals surface area contributed by atoms with Crippen LogP contribution in [-0.2, 0) is 9.59 Å². The van der Waals surface area contributed by atoms with Gasteiger partial charge in [0, 0.05) is 50.6 Å². The van der Waals surface area contributed by atoms with Crippen molar-refractivity contribution in [2.24, 2.45) is 10.2 Å². The number of aromatic amines is 1. The lowest BCUT2D eigenvalue weighted by Crippen LogP contribution is -2.68. The molecule has 0 radical (unpaired) electrons. The zero-order chi connectivity index (χ0) is 29.8. The Kier molecular flexibility index (Phi) is 7.38. The number of carbonyl (C=O) groups is 3. The van der Waals surface area contributed by atoms with Crippen LogP contribution in [0.3, 0.4) is 0 Å². The first kappa shape index (κ1) is 29.7. The summed E-state index contributed by atoms with van der Waals surface area (Å²) in [5, 5.41) is 34.7. The summed E-state index contributed by atoms with van der Waals surface area (Å²) in [6.07, 6.45) is 2.62. The van der Waals surface area contributed by atoms with E-state index in [4.69, 9.17) is 0 Å². The average molecular weight is 555 g/mol.